The molecule has 1 N–H and O–H groups in total. The lowest BCUT2D eigenvalue weighted by Crippen LogP contribution is -2.40. The number of aromatic nitrogens is 3. The maximum Gasteiger partial charge on any atom is 0.291 e. The maximum absolute atomic E-state index is 11.9. The van der Waals surface area contributed by atoms with Crippen molar-refractivity contribution in [2.24, 2.45) is 0 Å². The van der Waals surface area contributed by atoms with E-state index in [9.17, 15) is 14.4 Å². The smallest absolute Gasteiger partial charge is 0.274 e. The second kappa shape index (κ2) is 6.63. The van der Waals surface area contributed by atoms with E-state index < -0.39 is 17.4 Å². The standard InChI is InChI=1S/C11H16N4O3/c1-3-5-9(16)15(10(17)6-4-2)8-7-12-14-13-11(8)18/h7H,3-6H2,1-2H3,(H,12,13,18). The molecule has 0 saturated heterocycles. The number of amides is 2. The van der Waals surface area contributed by atoms with Crippen molar-refractivity contribution in [3.63, 3.8) is 0 Å². The van der Waals surface area contributed by atoms with Crippen molar-refractivity contribution in [3.05, 3.63) is 16.6 Å². The van der Waals surface area contributed by atoms with Crippen LogP contribution in [0.4, 0.5) is 5.69 Å². The number of rotatable bonds is 5. The van der Waals surface area contributed by atoms with Crippen LogP contribution in [-0.4, -0.2) is 27.2 Å². The summed E-state index contributed by atoms with van der Waals surface area (Å²) in [4.78, 5) is 36.3. The molecule has 0 aliphatic carbocycles. The van der Waals surface area contributed by atoms with Crippen molar-refractivity contribution >= 4 is 17.5 Å². The fourth-order valence-corrected chi connectivity index (χ4v) is 1.49. The molecule has 0 aliphatic rings. The van der Waals surface area contributed by atoms with Crippen LogP contribution in [-0.2, 0) is 9.59 Å². The molecule has 1 rings (SSSR count). The van der Waals surface area contributed by atoms with E-state index in [2.05, 4.69) is 15.4 Å². The molecule has 0 aromatic carbocycles. The minimum absolute atomic E-state index is 0.0677. The Morgan fingerprint density at radius 2 is 1.78 bits per heavy atom. The number of hydrogen-bond acceptors (Lipinski definition) is 5. The van der Waals surface area contributed by atoms with E-state index >= 15 is 0 Å². The van der Waals surface area contributed by atoms with Crippen molar-refractivity contribution in [1.82, 2.24) is 15.4 Å². The van der Waals surface area contributed by atoms with Crippen LogP contribution in [0.5, 0.6) is 0 Å². The Labute approximate surface area is 104 Å². The largest absolute Gasteiger partial charge is 0.291 e. The zero-order valence-corrected chi connectivity index (χ0v) is 10.5. The van der Waals surface area contributed by atoms with Crippen LogP contribution in [0.15, 0.2) is 11.0 Å². The molecule has 0 unspecified atom stereocenters. The first-order valence-corrected chi connectivity index (χ1v) is 5.87. The quantitative estimate of drug-likeness (QED) is 0.828. The van der Waals surface area contributed by atoms with Crippen LogP contribution < -0.4 is 10.5 Å². The molecule has 2 amide bonds. The Morgan fingerprint density at radius 3 is 2.22 bits per heavy atom. The molecule has 0 atom stereocenters. The summed E-state index contributed by atoms with van der Waals surface area (Å²) in [5.74, 6) is -0.788. The predicted octanol–water partition coefficient (Wildman–Crippen LogP) is 0.625. The van der Waals surface area contributed by atoms with Crippen molar-refractivity contribution < 1.29 is 9.59 Å². The molecule has 18 heavy (non-hydrogen) atoms. The van der Waals surface area contributed by atoms with Gasteiger partial charge in [-0.15, -0.1) is 5.10 Å². The van der Waals surface area contributed by atoms with E-state index in [4.69, 9.17) is 0 Å². The fourth-order valence-electron chi connectivity index (χ4n) is 1.49. The highest BCUT2D eigenvalue weighted by atomic mass is 16.2. The van der Waals surface area contributed by atoms with Crippen LogP contribution >= 0.6 is 0 Å². The van der Waals surface area contributed by atoms with Gasteiger partial charge in [-0.2, -0.15) is 0 Å². The molecule has 7 heteroatoms. The van der Waals surface area contributed by atoms with E-state index in [1.54, 1.807) is 0 Å². The lowest BCUT2D eigenvalue weighted by Gasteiger charge is -2.18. The molecule has 98 valence electrons. The van der Waals surface area contributed by atoms with E-state index in [1.165, 1.54) is 0 Å². The summed E-state index contributed by atoms with van der Waals surface area (Å²) in [6, 6.07) is 0. The Bertz CT molecular complexity index is 465. The monoisotopic (exact) mass is 252 g/mol. The Morgan fingerprint density at radius 1 is 1.22 bits per heavy atom. The van der Waals surface area contributed by atoms with E-state index in [0.717, 1.165) is 11.1 Å². The summed E-state index contributed by atoms with van der Waals surface area (Å²) >= 11 is 0. The zero-order chi connectivity index (χ0) is 13.5. The van der Waals surface area contributed by atoms with Gasteiger partial charge in [0.25, 0.3) is 5.56 Å². The lowest BCUT2D eigenvalue weighted by molar-refractivity contribution is -0.126. The van der Waals surface area contributed by atoms with Gasteiger partial charge in [-0.05, 0) is 12.8 Å². The number of imide groups is 1. The summed E-state index contributed by atoms with van der Waals surface area (Å²) in [7, 11) is 0. The fraction of sp³-hybridized carbons (Fsp3) is 0.545. The molecule has 1 aromatic rings. The molecule has 0 fully saturated rings. The first kappa shape index (κ1) is 14.0. The van der Waals surface area contributed by atoms with E-state index in [-0.39, 0.29) is 18.5 Å². The molecule has 0 spiro atoms. The van der Waals surface area contributed by atoms with Crippen molar-refractivity contribution in [2.75, 3.05) is 4.90 Å². The number of nitrogens with zero attached hydrogens (tertiary/aromatic N) is 3. The second-order valence-corrected chi connectivity index (χ2v) is 3.79. The Kier molecular flexibility index (Phi) is 5.16. The van der Waals surface area contributed by atoms with Crippen molar-refractivity contribution in [3.8, 4) is 0 Å². The summed E-state index contributed by atoms with van der Waals surface area (Å²) in [5.41, 5.74) is -0.666. The van der Waals surface area contributed by atoms with Crippen LogP contribution in [0.2, 0.25) is 0 Å². The number of H-pyrrole nitrogens is 1. The van der Waals surface area contributed by atoms with Crippen molar-refractivity contribution in [1.29, 1.82) is 0 Å². The first-order chi connectivity index (χ1) is 8.61. The highest BCUT2D eigenvalue weighted by molar-refractivity contribution is 6.14. The van der Waals surface area contributed by atoms with Gasteiger partial charge in [0.05, 0.1) is 6.20 Å². The van der Waals surface area contributed by atoms with Crippen molar-refractivity contribution in [2.45, 2.75) is 39.5 Å². The summed E-state index contributed by atoms with van der Waals surface area (Å²) < 4.78 is 0. The predicted molar refractivity (Wildman–Crippen MR) is 65.0 cm³/mol. The highest BCUT2D eigenvalue weighted by Gasteiger charge is 2.24. The van der Waals surface area contributed by atoms with Gasteiger partial charge < -0.3 is 0 Å². The average molecular weight is 252 g/mol. The summed E-state index contributed by atoms with van der Waals surface area (Å²) in [5, 5.41) is 8.91. The molecule has 0 bridgehead atoms. The Balaban J connectivity index is 3.12. The van der Waals surface area contributed by atoms with Crippen LogP contribution in [0.3, 0.4) is 0 Å². The maximum atomic E-state index is 11.9. The number of anilines is 1. The molecular weight excluding hydrogens is 236 g/mol. The van der Waals surface area contributed by atoms with E-state index in [0.29, 0.717) is 12.8 Å². The Hall–Kier alpha value is -2.05. The van der Waals surface area contributed by atoms with Gasteiger partial charge in [0.15, 0.2) is 0 Å². The third-order valence-electron chi connectivity index (χ3n) is 2.29. The van der Waals surface area contributed by atoms with Gasteiger partial charge in [0, 0.05) is 12.8 Å². The molecular formula is C11H16N4O3. The SMILES string of the molecule is CCCC(=O)N(C(=O)CCC)c1cnn[nH]c1=O. The molecule has 1 aromatic heterocycles. The number of carbonyl (C=O) groups excluding carboxylic acids is 2. The summed E-state index contributed by atoms with van der Waals surface area (Å²) in [6.45, 7) is 3.66. The minimum Gasteiger partial charge on any atom is -0.274 e. The molecule has 0 aliphatic heterocycles. The van der Waals surface area contributed by atoms with Gasteiger partial charge in [-0.1, -0.05) is 19.1 Å². The lowest BCUT2D eigenvalue weighted by atomic mass is 10.2. The number of aromatic amines is 1. The van der Waals surface area contributed by atoms with Gasteiger partial charge in [0.1, 0.15) is 5.69 Å². The zero-order valence-electron chi connectivity index (χ0n) is 10.5. The van der Waals surface area contributed by atoms with Gasteiger partial charge in [-0.3, -0.25) is 14.4 Å². The van der Waals surface area contributed by atoms with Crippen LogP contribution in [0.25, 0.3) is 0 Å². The highest BCUT2D eigenvalue weighted by Crippen LogP contribution is 2.11. The third-order valence-corrected chi connectivity index (χ3v) is 2.29. The van der Waals surface area contributed by atoms with Gasteiger partial charge in [-0.25, -0.2) is 10.00 Å². The van der Waals surface area contributed by atoms with Gasteiger partial charge >= 0.3 is 0 Å². The molecule has 7 nitrogen and oxygen atoms in total. The number of hydrogen-bond donors (Lipinski definition) is 1. The number of nitrogens with one attached hydrogen (secondary N) is 1. The molecule has 0 saturated carbocycles. The van der Waals surface area contributed by atoms with Crippen LogP contribution in [0, 0.1) is 0 Å². The number of carbonyl (C=O) groups is 2. The van der Waals surface area contributed by atoms with Crippen LogP contribution in [0.1, 0.15) is 39.5 Å². The molecule has 0 radical (unpaired) electrons. The first-order valence-electron chi connectivity index (χ1n) is 5.87. The summed E-state index contributed by atoms with van der Waals surface area (Å²) in [6.07, 6.45) is 2.74. The minimum atomic E-state index is -0.598. The normalized spacial score (nSPS) is 10.1. The average Bonchev–Trinajstić information content (AvgIpc) is 2.33. The molecule has 1 heterocycles. The second-order valence-electron chi connectivity index (χ2n) is 3.79. The van der Waals surface area contributed by atoms with Gasteiger partial charge in [0.2, 0.25) is 11.8 Å². The topological polar surface area (TPSA) is 96.0 Å². The third kappa shape index (κ3) is 3.22. The van der Waals surface area contributed by atoms with E-state index in [1.807, 2.05) is 13.8 Å².